The van der Waals surface area contributed by atoms with Gasteiger partial charge in [-0.05, 0) is 25.8 Å². The van der Waals surface area contributed by atoms with Crippen LogP contribution in [0.4, 0.5) is 0 Å². The van der Waals surface area contributed by atoms with Crippen LogP contribution in [0.25, 0.3) is 11.4 Å². The lowest BCUT2D eigenvalue weighted by Crippen LogP contribution is -1.88. The van der Waals surface area contributed by atoms with Crippen molar-refractivity contribution >= 4 is 0 Å². The average molecular weight is 314 g/mol. The van der Waals surface area contributed by atoms with Crippen molar-refractivity contribution in [3.63, 3.8) is 0 Å². The zero-order chi connectivity index (χ0) is 16.9. The van der Waals surface area contributed by atoms with Crippen LogP contribution < -0.4 is 0 Å². The number of hydrogen-bond acceptors (Lipinski definition) is 3. The van der Waals surface area contributed by atoms with Crippen LogP contribution in [0.15, 0.2) is 36.7 Å². The van der Waals surface area contributed by atoms with Gasteiger partial charge in [-0.2, -0.15) is 0 Å². The van der Waals surface area contributed by atoms with Crippen LogP contribution in [0, 0.1) is 13.8 Å². The molecule has 0 spiro atoms. The molecule has 0 aliphatic rings. The minimum absolute atomic E-state index is 0.367. The minimum atomic E-state index is 0.367. The number of aliphatic hydroxyl groups excluding tert-OH is 1. The SMILES string of the molecule is CCCCCCCCO.Cc1ccc(-c2ncc(C)cn2)cc1. The number of aryl methyl sites for hydroxylation is 2. The molecule has 1 aromatic heterocycles. The quantitative estimate of drug-likeness (QED) is 0.723. The number of benzene rings is 1. The summed E-state index contributed by atoms with van der Waals surface area (Å²) < 4.78 is 0. The van der Waals surface area contributed by atoms with Crippen molar-refractivity contribution in [2.45, 2.75) is 59.3 Å². The summed E-state index contributed by atoms with van der Waals surface area (Å²) in [5.41, 5.74) is 3.40. The summed E-state index contributed by atoms with van der Waals surface area (Å²) >= 11 is 0. The van der Waals surface area contributed by atoms with Crippen molar-refractivity contribution < 1.29 is 5.11 Å². The van der Waals surface area contributed by atoms with E-state index in [0.717, 1.165) is 23.4 Å². The molecule has 0 bridgehead atoms. The Hall–Kier alpha value is -1.74. The second-order valence-electron chi connectivity index (χ2n) is 5.94. The maximum atomic E-state index is 8.42. The summed E-state index contributed by atoms with van der Waals surface area (Å²) in [5.74, 6) is 0.788. The molecule has 126 valence electrons. The van der Waals surface area contributed by atoms with Crippen molar-refractivity contribution in [3.8, 4) is 11.4 Å². The highest BCUT2D eigenvalue weighted by Crippen LogP contribution is 2.14. The van der Waals surface area contributed by atoms with E-state index in [0.29, 0.717) is 6.61 Å². The Kier molecular flexibility index (Phi) is 9.89. The molecular weight excluding hydrogens is 284 g/mol. The predicted octanol–water partition coefficient (Wildman–Crippen LogP) is 5.10. The topological polar surface area (TPSA) is 46.0 Å². The van der Waals surface area contributed by atoms with Gasteiger partial charge in [0, 0.05) is 24.6 Å². The molecule has 0 amide bonds. The first-order chi connectivity index (χ1) is 11.2. The number of hydrogen-bond donors (Lipinski definition) is 1. The lowest BCUT2D eigenvalue weighted by atomic mass is 10.1. The number of unbranched alkanes of at least 4 members (excludes halogenated alkanes) is 5. The predicted molar refractivity (Wildman–Crippen MR) is 97.4 cm³/mol. The van der Waals surface area contributed by atoms with Crippen LogP contribution in [0.5, 0.6) is 0 Å². The smallest absolute Gasteiger partial charge is 0.159 e. The van der Waals surface area contributed by atoms with Crippen molar-refractivity contribution in [1.82, 2.24) is 9.97 Å². The summed E-state index contributed by atoms with van der Waals surface area (Å²) in [7, 11) is 0. The van der Waals surface area contributed by atoms with Crippen molar-refractivity contribution in [2.75, 3.05) is 6.61 Å². The van der Waals surface area contributed by atoms with Gasteiger partial charge in [-0.25, -0.2) is 9.97 Å². The Morgan fingerprint density at radius 2 is 1.35 bits per heavy atom. The summed E-state index contributed by atoms with van der Waals surface area (Å²) in [6, 6.07) is 8.22. The lowest BCUT2D eigenvalue weighted by molar-refractivity contribution is 0.282. The van der Waals surface area contributed by atoms with Gasteiger partial charge in [-0.15, -0.1) is 0 Å². The Morgan fingerprint density at radius 1 is 0.783 bits per heavy atom. The van der Waals surface area contributed by atoms with E-state index >= 15 is 0 Å². The Balaban J connectivity index is 0.000000257. The van der Waals surface area contributed by atoms with Crippen LogP contribution >= 0.6 is 0 Å². The van der Waals surface area contributed by atoms with E-state index in [-0.39, 0.29) is 0 Å². The van der Waals surface area contributed by atoms with Gasteiger partial charge in [0.15, 0.2) is 5.82 Å². The zero-order valence-corrected chi connectivity index (χ0v) is 14.8. The molecule has 2 aromatic rings. The molecular formula is C20H30N2O. The van der Waals surface area contributed by atoms with Crippen LogP contribution in [0.2, 0.25) is 0 Å². The van der Waals surface area contributed by atoms with Gasteiger partial charge in [0.05, 0.1) is 0 Å². The van der Waals surface area contributed by atoms with Crippen LogP contribution in [0.3, 0.4) is 0 Å². The van der Waals surface area contributed by atoms with E-state index in [9.17, 15) is 0 Å². The summed E-state index contributed by atoms with van der Waals surface area (Å²) in [6.07, 6.45) is 11.2. The molecule has 1 N–H and O–H groups in total. The lowest BCUT2D eigenvalue weighted by Gasteiger charge is -2.00. The maximum absolute atomic E-state index is 8.42. The fourth-order valence-corrected chi connectivity index (χ4v) is 2.14. The third-order valence-corrected chi connectivity index (χ3v) is 3.60. The number of aromatic nitrogens is 2. The van der Waals surface area contributed by atoms with Crippen LogP contribution in [-0.2, 0) is 0 Å². The fraction of sp³-hybridized carbons (Fsp3) is 0.500. The van der Waals surface area contributed by atoms with Crippen molar-refractivity contribution in [1.29, 1.82) is 0 Å². The van der Waals surface area contributed by atoms with Gasteiger partial charge < -0.3 is 5.11 Å². The molecule has 0 aliphatic heterocycles. The molecule has 0 saturated heterocycles. The summed E-state index contributed by atoms with van der Waals surface area (Å²) in [5, 5.41) is 8.42. The maximum Gasteiger partial charge on any atom is 0.159 e. The molecule has 0 aliphatic carbocycles. The van der Waals surface area contributed by atoms with Crippen molar-refractivity contribution in [2.24, 2.45) is 0 Å². The van der Waals surface area contributed by atoms with Gasteiger partial charge in [-0.3, -0.25) is 0 Å². The third kappa shape index (κ3) is 8.46. The molecule has 2 rings (SSSR count). The van der Waals surface area contributed by atoms with E-state index in [1.807, 2.05) is 31.5 Å². The van der Waals surface area contributed by atoms with Gasteiger partial charge in [0.1, 0.15) is 0 Å². The number of aliphatic hydroxyl groups is 1. The Morgan fingerprint density at radius 3 is 1.91 bits per heavy atom. The number of rotatable bonds is 7. The van der Waals surface area contributed by atoms with E-state index < -0.39 is 0 Å². The summed E-state index contributed by atoms with van der Waals surface area (Å²) in [4.78, 5) is 8.53. The van der Waals surface area contributed by atoms with E-state index in [1.54, 1.807) is 0 Å². The molecule has 3 heteroatoms. The number of nitrogens with zero attached hydrogens (tertiary/aromatic N) is 2. The second kappa shape index (κ2) is 11.8. The Bertz CT molecular complexity index is 471. The van der Waals surface area contributed by atoms with E-state index in [4.69, 9.17) is 5.11 Å². The van der Waals surface area contributed by atoms with Crippen LogP contribution in [0.1, 0.15) is 56.6 Å². The molecule has 0 atom stereocenters. The largest absolute Gasteiger partial charge is 0.396 e. The van der Waals surface area contributed by atoms with Crippen LogP contribution in [-0.4, -0.2) is 21.7 Å². The molecule has 0 radical (unpaired) electrons. The molecule has 1 heterocycles. The van der Waals surface area contributed by atoms with Gasteiger partial charge in [-0.1, -0.05) is 68.9 Å². The standard InChI is InChI=1S/C12H12N2.C8H18O/c1-9-3-5-11(6-4-9)12-13-7-10(2)8-14-12;1-2-3-4-5-6-7-8-9/h3-8H,1-2H3;9H,2-8H2,1H3. The minimum Gasteiger partial charge on any atom is -0.396 e. The molecule has 3 nitrogen and oxygen atoms in total. The van der Waals surface area contributed by atoms with Gasteiger partial charge in [0.25, 0.3) is 0 Å². The highest BCUT2D eigenvalue weighted by atomic mass is 16.2. The highest BCUT2D eigenvalue weighted by molar-refractivity contribution is 5.54. The normalized spacial score (nSPS) is 10.1. The molecule has 23 heavy (non-hydrogen) atoms. The van der Waals surface area contributed by atoms with E-state index in [2.05, 4.69) is 35.9 Å². The zero-order valence-electron chi connectivity index (χ0n) is 14.8. The monoisotopic (exact) mass is 314 g/mol. The molecule has 0 unspecified atom stereocenters. The molecule has 0 fully saturated rings. The molecule has 0 saturated carbocycles. The molecule has 1 aromatic carbocycles. The Labute approximate surface area is 140 Å². The van der Waals surface area contributed by atoms with Gasteiger partial charge in [0.2, 0.25) is 0 Å². The highest BCUT2D eigenvalue weighted by Gasteiger charge is 1.98. The average Bonchev–Trinajstić information content (AvgIpc) is 2.57. The third-order valence-electron chi connectivity index (χ3n) is 3.60. The summed E-state index contributed by atoms with van der Waals surface area (Å²) in [6.45, 7) is 6.64. The van der Waals surface area contributed by atoms with Gasteiger partial charge >= 0.3 is 0 Å². The van der Waals surface area contributed by atoms with E-state index in [1.165, 1.54) is 37.7 Å². The first-order valence-electron chi connectivity index (χ1n) is 8.64. The second-order valence-corrected chi connectivity index (χ2v) is 5.94. The van der Waals surface area contributed by atoms with Crippen molar-refractivity contribution in [3.05, 3.63) is 47.8 Å². The first kappa shape index (κ1) is 19.3. The first-order valence-corrected chi connectivity index (χ1v) is 8.64. The fourth-order valence-electron chi connectivity index (χ4n) is 2.14.